The van der Waals surface area contributed by atoms with Crippen LogP contribution in [0.4, 0.5) is 0 Å². The van der Waals surface area contributed by atoms with Crippen LogP contribution in [0.1, 0.15) is 19.4 Å². The van der Waals surface area contributed by atoms with Gasteiger partial charge in [0.2, 0.25) is 0 Å². The lowest BCUT2D eigenvalue weighted by molar-refractivity contribution is -0.127. The standard InChI is InChI=1S/C16H19NO3/c1-12(2)17(9-10-18)16(19)13(3)11-14-5-7-15(20-4)8-6-14/h5-8,10-11H,1,9H2,2-4H3/b13-11+. The highest BCUT2D eigenvalue weighted by Gasteiger charge is 2.15. The molecule has 1 amide bonds. The molecule has 0 N–H and O–H groups in total. The van der Waals surface area contributed by atoms with Crippen LogP contribution in [0.2, 0.25) is 0 Å². The van der Waals surface area contributed by atoms with Gasteiger partial charge >= 0.3 is 0 Å². The fraction of sp³-hybridized carbons (Fsp3) is 0.250. The highest BCUT2D eigenvalue weighted by atomic mass is 16.5. The first kappa shape index (κ1) is 15.7. The normalized spacial score (nSPS) is 10.8. The van der Waals surface area contributed by atoms with E-state index in [0.717, 1.165) is 11.3 Å². The van der Waals surface area contributed by atoms with E-state index in [1.54, 1.807) is 27.0 Å². The minimum Gasteiger partial charge on any atom is -0.497 e. The van der Waals surface area contributed by atoms with E-state index in [-0.39, 0.29) is 12.5 Å². The van der Waals surface area contributed by atoms with Crippen molar-refractivity contribution in [3.63, 3.8) is 0 Å². The molecule has 4 nitrogen and oxygen atoms in total. The summed E-state index contributed by atoms with van der Waals surface area (Å²) in [6.07, 6.45) is 2.45. The third-order valence-electron chi connectivity index (χ3n) is 2.80. The van der Waals surface area contributed by atoms with Crippen molar-refractivity contribution in [2.24, 2.45) is 0 Å². The summed E-state index contributed by atoms with van der Waals surface area (Å²) >= 11 is 0. The van der Waals surface area contributed by atoms with Crippen LogP contribution in [0.5, 0.6) is 5.75 Å². The molecule has 0 unspecified atom stereocenters. The first-order valence-corrected chi connectivity index (χ1v) is 6.23. The Morgan fingerprint density at radius 1 is 1.30 bits per heavy atom. The number of hydrogen-bond donors (Lipinski definition) is 0. The van der Waals surface area contributed by atoms with Crippen molar-refractivity contribution in [2.45, 2.75) is 13.8 Å². The van der Waals surface area contributed by atoms with Crippen LogP contribution in [-0.4, -0.2) is 30.7 Å². The molecule has 1 rings (SSSR count). The molecular weight excluding hydrogens is 254 g/mol. The number of carbonyl (C=O) groups is 2. The van der Waals surface area contributed by atoms with Gasteiger partial charge in [0.05, 0.1) is 13.7 Å². The number of ether oxygens (including phenoxy) is 1. The monoisotopic (exact) mass is 273 g/mol. The van der Waals surface area contributed by atoms with Crippen LogP contribution in [0, 0.1) is 0 Å². The number of rotatable bonds is 6. The maximum absolute atomic E-state index is 12.2. The van der Waals surface area contributed by atoms with Crippen LogP contribution in [0.3, 0.4) is 0 Å². The SMILES string of the molecule is C=C(C)N(CC=O)C(=O)/C(C)=C/c1ccc(OC)cc1. The average Bonchev–Trinajstić information content (AvgIpc) is 2.44. The van der Waals surface area contributed by atoms with Gasteiger partial charge in [-0.25, -0.2) is 0 Å². The Hall–Kier alpha value is -2.36. The number of aldehydes is 1. The van der Waals surface area contributed by atoms with Crippen molar-refractivity contribution < 1.29 is 14.3 Å². The molecule has 1 aromatic carbocycles. The molecule has 0 aliphatic heterocycles. The van der Waals surface area contributed by atoms with E-state index in [0.29, 0.717) is 17.6 Å². The number of benzene rings is 1. The summed E-state index contributed by atoms with van der Waals surface area (Å²) in [5, 5.41) is 0. The minimum absolute atomic E-state index is 0.0158. The van der Waals surface area contributed by atoms with E-state index in [1.807, 2.05) is 24.3 Å². The number of nitrogens with zero attached hydrogens (tertiary/aromatic N) is 1. The molecule has 0 fully saturated rings. The van der Waals surface area contributed by atoms with Gasteiger partial charge in [0.15, 0.2) is 0 Å². The number of carbonyl (C=O) groups excluding carboxylic acids is 2. The predicted octanol–water partition coefficient (Wildman–Crippen LogP) is 2.66. The fourth-order valence-electron chi connectivity index (χ4n) is 1.71. The van der Waals surface area contributed by atoms with E-state index >= 15 is 0 Å². The van der Waals surface area contributed by atoms with Gasteiger partial charge in [-0.2, -0.15) is 0 Å². The molecule has 0 aliphatic carbocycles. The molecule has 0 saturated carbocycles. The zero-order chi connectivity index (χ0) is 15.1. The van der Waals surface area contributed by atoms with Crippen molar-refractivity contribution in [3.8, 4) is 5.75 Å². The van der Waals surface area contributed by atoms with Crippen LogP contribution in [-0.2, 0) is 9.59 Å². The number of methoxy groups -OCH3 is 1. The first-order valence-electron chi connectivity index (χ1n) is 6.23. The molecule has 0 atom stereocenters. The lowest BCUT2D eigenvalue weighted by atomic mass is 10.1. The van der Waals surface area contributed by atoms with Gasteiger partial charge in [0.25, 0.3) is 5.91 Å². The fourth-order valence-corrected chi connectivity index (χ4v) is 1.71. The van der Waals surface area contributed by atoms with Crippen LogP contribution >= 0.6 is 0 Å². The molecule has 0 saturated heterocycles. The Bertz CT molecular complexity index is 529. The summed E-state index contributed by atoms with van der Waals surface area (Å²) in [5.41, 5.74) is 1.98. The maximum atomic E-state index is 12.2. The molecule has 0 bridgehead atoms. The quantitative estimate of drug-likeness (QED) is 0.591. The third-order valence-corrected chi connectivity index (χ3v) is 2.80. The van der Waals surface area contributed by atoms with Crippen molar-refractivity contribution >= 4 is 18.3 Å². The zero-order valence-corrected chi connectivity index (χ0v) is 12.1. The maximum Gasteiger partial charge on any atom is 0.254 e. The molecule has 20 heavy (non-hydrogen) atoms. The average molecular weight is 273 g/mol. The summed E-state index contributed by atoms with van der Waals surface area (Å²) in [7, 11) is 1.60. The minimum atomic E-state index is -0.222. The van der Waals surface area contributed by atoms with Gasteiger partial charge in [0.1, 0.15) is 12.0 Å². The second kappa shape index (κ2) is 7.28. The van der Waals surface area contributed by atoms with Gasteiger partial charge in [-0.15, -0.1) is 0 Å². The lowest BCUT2D eigenvalue weighted by Crippen LogP contribution is -2.31. The Morgan fingerprint density at radius 2 is 1.90 bits per heavy atom. The number of allylic oxidation sites excluding steroid dienone is 1. The summed E-state index contributed by atoms with van der Waals surface area (Å²) in [5.74, 6) is 0.538. The molecule has 0 aromatic heterocycles. The van der Waals surface area contributed by atoms with E-state index in [2.05, 4.69) is 6.58 Å². The Labute approximate surface area is 119 Å². The molecule has 0 heterocycles. The topological polar surface area (TPSA) is 46.6 Å². The molecule has 4 heteroatoms. The van der Waals surface area contributed by atoms with Crippen LogP contribution in [0.25, 0.3) is 6.08 Å². The zero-order valence-electron chi connectivity index (χ0n) is 12.1. The molecule has 106 valence electrons. The Kier molecular flexibility index (Phi) is 5.72. The van der Waals surface area contributed by atoms with Crippen molar-refractivity contribution in [2.75, 3.05) is 13.7 Å². The highest BCUT2D eigenvalue weighted by Crippen LogP contribution is 2.15. The van der Waals surface area contributed by atoms with Crippen LogP contribution < -0.4 is 4.74 Å². The summed E-state index contributed by atoms with van der Waals surface area (Å²) in [6, 6.07) is 7.37. The van der Waals surface area contributed by atoms with Gasteiger partial charge < -0.3 is 14.4 Å². The van der Waals surface area contributed by atoms with Gasteiger partial charge in [0, 0.05) is 11.3 Å². The molecule has 0 spiro atoms. The van der Waals surface area contributed by atoms with Crippen LogP contribution in [0.15, 0.2) is 42.1 Å². The van der Waals surface area contributed by atoms with E-state index in [4.69, 9.17) is 4.74 Å². The second-order valence-corrected chi connectivity index (χ2v) is 4.42. The molecule has 0 radical (unpaired) electrons. The molecular formula is C16H19NO3. The van der Waals surface area contributed by atoms with E-state index in [9.17, 15) is 9.59 Å². The van der Waals surface area contributed by atoms with Gasteiger partial charge in [-0.05, 0) is 37.6 Å². The summed E-state index contributed by atoms with van der Waals surface area (Å²) in [4.78, 5) is 24.2. The summed E-state index contributed by atoms with van der Waals surface area (Å²) < 4.78 is 5.08. The smallest absolute Gasteiger partial charge is 0.254 e. The predicted molar refractivity (Wildman–Crippen MR) is 79.2 cm³/mol. The Morgan fingerprint density at radius 3 is 2.35 bits per heavy atom. The summed E-state index contributed by atoms with van der Waals surface area (Å²) in [6.45, 7) is 7.14. The molecule has 0 aliphatic rings. The number of hydrogen-bond acceptors (Lipinski definition) is 3. The van der Waals surface area contributed by atoms with Crippen molar-refractivity contribution in [3.05, 3.63) is 47.7 Å². The van der Waals surface area contributed by atoms with Gasteiger partial charge in [-0.3, -0.25) is 4.79 Å². The van der Waals surface area contributed by atoms with E-state index < -0.39 is 0 Å². The number of amides is 1. The third kappa shape index (κ3) is 4.09. The largest absolute Gasteiger partial charge is 0.497 e. The molecule has 1 aromatic rings. The Balaban J connectivity index is 2.93. The lowest BCUT2D eigenvalue weighted by Gasteiger charge is -2.20. The second-order valence-electron chi connectivity index (χ2n) is 4.42. The van der Waals surface area contributed by atoms with Crippen molar-refractivity contribution in [1.82, 2.24) is 4.90 Å². The van der Waals surface area contributed by atoms with E-state index in [1.165, 1.54) is 4.90 Å². The highest BCUT2D eigenvalue weighted by molar-refractivity contribution is 5.99. The van der Waals surface area contributed by atoms with Crippen molar-refractivity contribution in [1.29, 1.82) is 0 Å². The van der Waals surface area contributed by atoms with Gasteiger partial charge in [-0.1, -0.05) is 18.7 Å². The first-order chi connectivity index (χ1) is 9.49.